The number of hydrogen-bond acceptors (Lipinski definition) is 6. The minimum atomic E-state index is -0.553. The van der Waals surface area contributed by atoms with Gasteiger partial charge in [0.2, 0.25) is 0 Å². The van der Waals surface area contributed by atoms with Crippen LogP contribution in [-0.2, 0) is 19.1 Å². The van der Waals surface area contributed by atoms with Crippen molar-refractivity contribution in [3.63, 3.8) is 0 Å². The highest BCUT2D eigenvalue weighted by atomic mass is 16.5. The number of amides is 1. The highest BCUT2D eigenvalue weighted by molar-refractivity contribution is 5.91. The molecule has 0 N–H and O–H groups in total. The molecular formula is C19H25NO6. The monoisotopic (exact) mass is 363 g/mol. The summed E-state index contributed by atoms with van der Waals surface area (Å²) in [7, 11) is 0. The molecule has 1 heterocycles. The van der Waals surface area contributed by atoms with Crippen LogP contribution in [0.25, 0.3) is 0 Å². The smallest absolute Gasteiger partial charge is 0.338 e. The highest BCUT2D eigenvalue weighted by Crippen LogP contribution is 2.19. The third-order valence-corrected chi connectivity index (χ3v) is 4.20. The second-order valence-electron chi connectivity index (χ2n) is 5.94. The number of carbonyl (C=O) groups is 3. The average Bonchev–Trinajstić information content (AvgIpc) is 2.67. The van der Waals surface area contributed by atoms with Gasteiger partial charge in [0.1, 0.15) is 5.75 Å². The molecule has 1 saturated heterocycles. The summed E-state index contributed by atoms with van der Waals surface area (Å²) in [5.41, 5.74) is 0.363. The molecule has 1 amide bonds. The Kier molecular flexibility index (Phi) is 7.44. The van der Waals surface area contributed by atoms with Crippen molar-refractivity contribution >= 4 is 17.8 Å². The van der Waals surface area contributed by atoms with E-state index in [1.165, 1.54) is 0 Å². The van der Waals surface area contributed by atoms with Crippen molar-refractivity contribution in [2.24, 2.45) is 5.92 Å². The van der Waals surface area contributed by atoms with E-state index in [0.29, 0.717) is 50.5 Å². The molecule has 1 aromatic carbocycles. The number of carbonyl (C=O) groups excluding carboxylic acids is 3. The third-order valence-electron chi connectivity index (χ3n) is 4.20. The minimum absolute atomic E-state index is 0.162. The van der Waals surface area contributed by atoms with Crippen LogP contribution in [0.1, 0.15) is 37.0 Å². The summed E-state index contributed by atoms with van der Waals surface area (Å²) in [5.74, 6) is -0.508. The number of nitrogens with zero attached hydrogens (tertiary/aromatic N) is 1. The van der Waals surface area contributed by atoms with E-state index in [9.17, 15) is 14.4 Å². The molecule has 7 heteroatoms. The second kappa shape index (κ2) is 9.79. The van der Waals surface area contributed by atoms with Crippen molar-refractivity contribution in [2.45, 2.75) is 26.7 Å². The maximum Gasteiger partial charge on any atom is 0.338 e. The predicted octanol–water partition coefficient (Wildman–Crippen LogP) is 2.04. The van der Waals surface area contributed by atoms with E-state index in [2.05, 4.69) is 0 Å². The first-order valence-corrected chi connectivity index (χ1v) is 8.89. The first-order valence-electron chi connectivity index (χ1n) is 8.89. The molecule has 0 radical (unpaired) electrons. The van der Waals surface area contributed by atoms with Gasteiger partial charge in [-0.3, -0.25) is 9.59 Å². The molecular weight excluding hydrogens is 338 g/mol. The van der Waals surface area contributed by atoms with Crippen LogP contribution in [0.2, 0.25) is 0 Å². The van der Waals surface area contributed by atoms with E-state index in [-0.39, 0.29) is 24.4 Å². The SMILES string of the molecule is CCOC(=O)C1CCN(C(=O)COC(=O)c2ccc(OCC)cc2)CC1. The summed E-state index contributed by atoms with van der Waals surface area (Å²) in [4.78, 5) is 37.5. The normalized spacial score (nSPS) is 14.6. The molecule has 0 unspecified atom stereocenters. The van der Waals surface area contributed by atoms with Crippen molar-refractivity contribution in [1.29, 1.82) is 0 Å². The van der Waals surface area contributed by atoms with Crippen LogP contribution < -0.4 is 4.74 Å². The number of rotatable bonds is 7. The summed E-state index contributed by atoms with van der Waals surface area (Å²) in [6.45, 7) is 5.17. The summed E-state index contributed by atoms with van der Waals surface area (Å²) in [6.07, 6.45) is 1.13. The lowest BCUT2D eigenvalue weighted by molar-refractivity contribution is -0.151. The van der Waals surface area contributed by atoms with Gasteiger partial charge in [-0.1, -0.05) is 0 Å². The van der Waals surface area contributed by atoms with Gasteiger partial charge < -0.3 is 19.1 Å². The molecule has 0 aliphatic carbocycles. The number of likely N-dealkylation sites (tertiary alicyclic amines) is 1. The van der Waals surface area contributed by atoms with Gasteiger partial charge in [-0.2, -0.15) is 0 Å². The van der Waals surface area contributed by atoms with Gasteiger partial charge in [-0.25, -0.2) is 4.79 Å². The van der Waals surface area contributed by atoms with Gasteiger partial charge in [0.05, 0.1) is 24.7 Å². The number of esters is 2. The fraction of sp³-hybridized carbons (Fsp3) is 0.526. The van der Waals surface area contributed by atoms with Crippen LogP contribution in [-0.4, -0.2) is 55.7 Å². The largest absolute Gasteiger partial charge is 0.494 e. The Labute approximate surface area is 153 Å². The van der Waals surface area contributed by atoms with Gasteiger partial charge >= 0.3 is 11.9 Å². The zero-order valence-corrected chi connectivity index (χ0v) is 15.2. The number of piperidine rings is 1. The van der Waals surface area contributed by atoms with Gasteiger partial charge in [-0.05, 0) is 51.0 Å². The fourth-order valence-electron chi connectivity index (χ4n) is 2.78. The molecule has 0 atom stereocenters. The molecule has 1 aliphatic rings. The summed E-state index contributed by atoms with van der Waals surface area (Å²) in [5, 5.41) is 0. The molecule has 2 rings (SSSR count). The van der Waals surface area contributed by atoms with Crippen LogP contribution in [0, 0.1) is 5.92 Å². The third kappa shape index (κ3) is 5.47. The van der Waals surface area contributed by atoms with Crippen molar-refractivity contribution in [1.82, 2.24) is 4.90 Å². The minimum Gasteiger partial charge on any atom is -0.494 e. The molecule has 7 nitrogen and oxygen atoms in total. The standard InChI is InChI=1S/C19H25NO6/c1-3-24-16-7-5-14(6-8-16)19(23)26-13-17(21)20-11-9-15(10-12-20)18(22)25-4-2/h5-8,15H,3-4,9-13H2,1-2H3. The first kappa shape index (κ1) is 19.8. The van der Waals surface area contributed by atoms with E-state index >= 15 is 0 Å². The van der Waals surface area contributed by atoms with Crippen LogP contribution in [0.15, 0.2) is 24.3 Å². The predicted molar refractivity (Wildman–Crippen MR) is 93.8 cm³/mol. The van der Waals surface area contributed by atoms with Crippen LogP contribution in [0.5, 0.6) is 5.75 Å². The van der Waals surface area contributed by atoms with E-state index < -0.39 is 5.97 Å². The van der Waals surface area contributed by atoms with E-state index in [0.717, 1.165) is 0 Å². The van der Waals surface area contributed by atoms with Crippen molar-refractivity contribution < 1.29 is 28.6 Å². The Morgan fingerprint density at radius 3 is 2.23 bits per heavy atom. The summed E-state index contributed by atoms with van der Waals surface area (Å²) >= 11 is 0. The van der Waals surface area contributed by atoms with Gasteiger partial charge in [-0.15, -0.1) is 0 Å². The molecule has 142 valence electrons. The summed E-state index contributed by atoms with van der Waals surface area (Å²) < 4.78 is 15.4. The topological polar surface area (TPSA) is 82.1 Å². The molecule has 1 aromatic rings. The quantitative estimate of drug-likeness (QED) is 0.690. The molecule has 0 aromatic heterocycles. The second-order valence-corrected chi connectivity index (χ2v) is 5.94. The zero-order chi connectivity index (χ0) is 18.9. The van der Waals surface area contributed by atoms with Crippen molar-refractivity contribution in [3.8, 4) is 5.75 Å². The van der Waals surface area contributed by atoms with Crippen LogP contribution in [0.4, 0.5) is 0 Å². The highest BCUT2D eigenvalue weighted by Gasteiger charge is 2.28. The molecule has 0 spiro atoms. The number of ether oxygens (including phenoxy) is 3. The van der Waals surface area contributed by atoms with E-state index in [1.54, 1.807) is 36.1 Å². The summed E-state index contributed by atoms with van der Waals surface area (Å²) in [6, 6.07) is 6.56. The van der Waals surface area contributed by atoms with Gasteiger partial charge in [0.15, 0.2) is 6.61 Å². The maximum atomic E-state index is 12.2. The molecule has 0 bridgehead atoms. The number of benzene rings is 1. The molecule has 1 fully saturated rings. The van der Waals surface area contributed by atoms with Crippen molar-refractivity contribution in [3.05, 3.63) is 29.8 Å². The maximum absolute atomic E-state index is 12.2. The van der Waals surface area contributed by atoms with E-state index in [1.807, 2.05) is 6.92 Å². The lowest BCUT2D eigenvalue weighted by Crippen LogP contribution is -2.42. The lowest BCUT2D eigenvalue weighted by Gasteiger charge is -2.30. The molecule has 1 aliphatic heterocycles. The number of hydrogen-bond donors (Lipinski definition) is 0. The molecule has 26 heavy (non-hydrogen) atoms. The lowest BCUT2D eigenvalue weighted by atomic mass is 9.97. The van der Waals surface area contributed by atoms with Gasteiger partial charge in [0, 0.05) is 13.1 Å². The first-order chi connectivity index (χ1) is 12.5. The van der Waals surface area contributed by atoms with Crippen molar-refractivity contribution in [2.75, 3.05) is 32.9 Å². The molecule has 0 saturated carbocycles. The Hall–Kier alpha value is -2.57. The van der Waals surface area contributed by atoms with Crippen LogP contribution >= 0.6 is 0 Å². The Morgan fingerprint density at radius 2 is 1.65 bits per heavy atom. The average molecular weight is 363 g/mol. The Bertz CT molecular complexity index is 619. The fourth-order valence-corrected chi connectivity index (χ4v) is 2.78. The zero-order valence-electron chi connectivity index (χ0n) is 15.2. The Balaban J connectivity index is 1.76. The van der Waals surface area contributed by atoms with Gasteiger partial charge in [0.25, 0.3) is 5.91 Å². The van der Waals surface area contributed by atoms with Crippen LogP contribution in [0.3, 0.4) is 0 Å². The van der Waals surface area contributed by atoms with E-state index in [4.69, 9.17) is 14.2 Å². The Morgan fingerprint density at radius 1 is 1.00 bits per heavy atom.